The van der Waals surface area contributed by atoms with Gasteiger partial charge in [-0.25, -0.2) is 0 Å². The molecular weight excluding hydrogens is 356 g/mol. The first kappa shape index (κ1) is 20.2. The van der Waals surface area contributed by atoms with Crippen molar-refractivity contribution >= 4 is 5.91 Å². The van der Waals surface area contributed by atoms with Crippen LogP contribution in [0.3, 0.4) is 0 Å². The van der Waals surface area contributed by atoms with E-state index in [9.17, 15) is 9.90 Å². The van der Waals surface area contributed by atoms with Gasteiger partial charge >= 0.3 is 0 Å². The van der Waals surface area contributed by atoms with Crippen molar-refractivity contribution in [3.8, 4) is 11.5 Å². The molecule has 1 atom stereocenters. The van der Waals surface area contributed by atoms with E-state index in [1.807, 2.05) is 11.0 Å². The number of carbonyl (C=O) groups is 1. The summed E-state index contributed by atoms with van der Waals surface area (Å²) in [5, 5.41) is 18.5. The van der Waals surface area contributed by atoms with Gasteiger partial charge in [-0.2, -0.15) is 0 Å². The third-order valence-electron chi connectivity index (χ3n) is 5.27. The number of aryl methyl sites for hydroxylation is 1. The first-order valence-corrected chi connectivity index (χ1v) is 9.98. The molecule has 1 aromatic carbocycles. The van der Waals surface area contributed by atoms with Crippen molar-refractivity contribution in [2.45, 2.75) is 65.0 Å². The highest BCUT2D eigenvalue weighted by atomic mass is 16.5. The van der Waals surface area contributed by atoms with Crippen LogP contribution in [0.5, 0.6) is 11.5 Å². The Bertz CT molecular complexity index is 831. The Balaban J connectivity index is 1.49. The lowest BCUT2D eigenvalue weighted by Crippen LogP contribution is -2.40. The molecule has 28 heavy (non-hydrogen) atoms. The zero-order chi connectivity index (χ0) is 20.3. The number of phenols is 1. The average Bonchev–Trinajstić information content (AvgIpc) is 3.10. The maximum absolute atomic E-state index is 12.7. The van der Waals surface area contributed by atoms with Crippen molar-refractivity contribution in [1.29, 1.82) is 0 Å². The van der Waals surface area contributed by atoms with Crippen molar-refractivity contribution in [2.24, 2.45) is 0 Å². The van der Waals surface area contributed by atoms with Crippen molar-refractivity contribution in [2.75, 3.05) is 13.7 Å². The second-order valence-corrected chi connectivity index (χ2v) is 7.84. The topological polar surface area (TPSA) is 80.5 Å². The van der Waals surface area contributed by atoms with Gasteiger partial charge < -0.3 is 19.3 Å². The van der Waals surface area contributed by atoms with E-state index < -0.39 is 0 Å². The van der Waals surface area contributed by atoms with Crippen molar-refractivity contribution in [1.82, 2.24) is 19.7 Å². The minimum atomic E-state index is 0.156. The van der Waals surface area contributed by atoms with E-state index in [4.69, 9.17) is 4.74 Å². The summed E-state index contributed by atoms with van der Waals surface area (Å²) in [5.74, 6) is 3.00. The quantitative estimate of drug-likeness (QED) is 0.738. The summed E-state index contributed by atoms with van der Waals surface area (Å²) in [5.41, 5.74) is 1.05. The number of phenolic OH excluding ortho intramolecular Hbond substituents is 1. The summed E-state index contributed by atoms with van der Waals surface area (Å²) in [6, 6.07) is 5.65. The number of aromatic hydroxyl groups is 1. The molecule has 2 aromatic rings. The molecule has 1 aliphatic heterocycles. The summed E-state index contributed by atoms with van der Waals surface area (Å²) >= 11 is 0. The minimum absolute atomic E-state index is 0.156. The molecule has 0 unspecified atom stereocenters. The normalized spacial score (nSPS) is 16.3. The number of unbranched alkanes of at least 4 members (excludes halogenated alkanes) is 1. The van der Waals surface area contributed by atoms with Crippen molar-refractivity contribution in [3.05, 3.63) is 35.4 Å². The SMILES string of the molecule is COc1ccc(CCCCC(=O)N2Cc3nnc(C(C)C)n3[C@@H](C)C2)cc1O. The number of amides is 1. The molecule has 0 fully saturated rings. The van der Waals surface area contributed by atoms with Gasteiger partial charge in [0.25, 0.3) is 0 Å². The molecular formula is C21H30N4O3. The van der Waals surface area contributed by atoms with Crippen LogP contribution in [0.25, 0.3) is 0 Å². The molecule has 1 amide bonds. The molecule has 1 aliphatic rings. The third kappa shape index (κ3) is 4.29. The first-order chi connectivity index (χ1) is 13.4. The van der Waals surface area contributed by atoms with E-state index in [1.54, 1.807) is 12.1 Å². The van der Waals surface area contributed by atoms with Crippen molar-refractivity contribution in [3.63, 3.8) is 0 Å². The van der Waals surface area contributed by atoms with E-state index >= 15 is 0 Å². The predicted molar refractivity (Wildman–Crippen MR) is 106 cm³/mol. The average molecular weight is 386 g/mol. The fraction of sp³-hybridized carbons (Fsp3) is 0.571. The van der Waals surface area contributed by atoms with Crippen LogP contribution < -0.4 is 4.74 Å². The maximum Gasteiger partial charge on any atom is 0.223 e. The monoisotopic (exact) mass is 386 g/mol. The fourth-order valence-electron chi connectivity index (χ4n) is 3.80. The van der Waals surface area contributed by atoms with Gasteiger partial charge in [0.1, 0.15) is 5.82 Å². The van der Waals surface area contributed by atoms with Gasteiger partial charge in [-0.1, -0.05) is 19.9 Å². The molecule has 7 heteroatoms. The Hall–Kier alpha value is -2.57. The van der Waals surface area contributed by atoms with Gasteiger partial charge in [0.05, 0.1) is 19.7 Å². The van der Waals surface area contributed by atoms with Crippen LogP contribution in [0.2, 0.25) is 0 Å². The predicted octanol–water partition coefficient (Wildman–Crippen LogP) is 3.43. The van der Waals surface area contributed by atoms with Crippen LogP contribution in [0, 0.1) is 0 Å². The molecule has 152 valence electrons. The summed E-state index contributed by atoms with van der Waals surface area (Å²) in [7, 11) is 1.54. The van der Waals surface area contributed by atoms with Crippen LogP contribution in [-0.2, 0) is 17.8 Å². The van der Waals surface area contributed by atoms with Gasteiger partial charge in [0.15, 0.2) is 17.3 Å². The number of benzene rings is 1. The standard InChI is InChI=1S/C21H30N4O3/c1-14(2)21-23-22-19-13-24(12-15(3)25(19)21)20(27)8-6-5-7-16-9-10-18(28-4)17(26)11-16/h9-11,14-15,26H,5-8,12-13H2,1-4H3/t15-/m0/s1. The molecule has 0 saturated heterocycles. The Kier molecular flexibility index (Phi) is 6.21. The van der Waals surface area contributed by atoms with Crippen LogP contribution >= 0.6 is 0 Å². The number of aromatic nitrogens is 3. The summed E-state index contributed by atoms with van der Waals surface area (Å²) in [6.07, 6.45) is 3.07. The van der Waals surface area contributed by atoms with Crippen LogP contribution in [-0.4, -0.2) is 44.3 Å². The summed E-state index contributed by atoms with van der Waals surface area (Å²) in [6.45, 7) is 7.59. The molecule has 1 aromatic heterocycles. The molecule has 0 radical (unpaired) electrons. The van der Waals surface area contributed by atoms with E-state index in [-0.39, 0.29) is 17.7 Å². The molecule has 2 heterocycles. The molecule has 0 bridgehead atoms. The lowest BCUT2D eigenvalue weighted by Gasteiger charge is -2.33. The number of rotatable bonds is 7. The number of ether oxygens (including phenoxy) is 1. The van der Waals surface area contributed by atoms with Crippen molar-refractivity contribution < 1.29 is 14.6 Å². The smallest absolute Gasteiger partial charge is 0.223 e. The van der Waals surface area contributed by atoms with Gasteiger partial charge in [-0.05, 0) is 43.9 Å². The fourth-order valence-corrected chi connectivity index (χ4v) is 3.80. The van der Waals surface area contributed by atoms with Crippen LogP contribution in [0.15, 0.2) is 18.2 Å². The largest absolute Gasteiger partial charge is 0.504 e. The Labute approximate surface area is 166 Å². The Morgan fingerprint density at radius 1 is 1.32 bits per heavy atom. The van der Waals surface area contributed by atoms with Gasteiger partial charge in [0, 0.05) is 18.9 Å². The minimum Gasteiger partial charge on any atom is -0.504 e. The van der Waals surface area contributed by atoms with Gasteiger partial charge in [-0.15, -0.1) is 10.2 Å². The molecule has 3 rings (SSSR count). The van der Waals surface area contributed by atoms with Crippen LogP contribution in [0.1, 0.15) is 69.2 Å². The lowest BCUT2D eigenvalue weighted by molar-refractivity contribution is -0.133. The lowest BCUT2D eigenvalue weighted by atomic mass is 10.1. The second kappa shape index (κ2) is 8.63. The van der Waals surface area contributed by atoms with E-state index in [0.717, 1.165) is 36.5 Å². The second-order valence-electron chi connectivity index (χ2n) is 7.84. The van der Waals surface area contributed by atoms with Crippen LogP contribution in [0.4, 0.5) is 0 Å². The third-order valence-corrected chi connectivity index (χ3v) is 5.27. The molecule has 0 saturated carbocycles. The molecule has 0 aliphatic carbocycles. The number of nitrogens with zero attached hydrogens (tertiary/aromatic N) is 4. The summed E-state index contributed by atoms with van der Waals surface area (Å²) in [4.78, 5) is 14.6. The van der Waals surface area contributed by atoms with Gasteiger partial charge in [-0.3, -0.25) is 4.79 Å². The number of fused-ring (bicyclic) bond motifs is 1. The highest BCUT2D eigenvalue weighted by Crippen LogP contribution is 2.28. The number of carbonyl (C=O) groups excluding carboxylic acids is 1. The number of methoxy groups -OCH3 is 1. The molecule has 0 spiro atoms. The zero-order valence-corrected chi connectivity index (χ0v) is 17.2. The highest BCUT2D eigenvalue weighted by Gasteiger charge is 2.29. The maximum atomic E-state index is 12.7. The van der Waals surface area contributed by atoms with Gasteiger partial charge in [0.2, 0.25) is 5.91 Å². The van der Waals surface area contributed by atoms with E-state index in [0.29, 0.717) is 31.2 Å². The number of hydrogen-bond acceptors (Lipinski definition) is 5. The summed E-state index contributed by atoms with van der Waals surface area (Å²) < 4.78 is 7.25. The highest BCUT2D eigenvalue weighted by molar-refractivity contribution is 5.76. The van der Waals surface area contributed by atoms with E-state index in [1.165, 1.54) is 7.11 Å². The Morgan fingerprint density at radius 2 is 2.11 bits per heavy atom. The Morgan fingerprint density at radius 3 is 2.79 bits per heavy atom. The molecule has 7 nitrogen and oxygen atoms in total. The number of hydrogen-bond donors (Lipinski definition) is 1. The first-order valence-electron chi connectivity index (χ1n) is 9.98. The molecule has 1 N–H and O–H groups in total. The zero-order valence-electron chi connectivity index (χ0n) is 17.2. The van der Waals surface area contributed by atoms with E-state index in [2.05, 4.69) is 35.5 Å².